The van der Waals surface area contributed by atoms with Crippen molar-refractivity contribution in [2.45, 2.75) is 45.2 Å². The number of hydrogen-bond acceptors (Lipinski definition) is 3. The fraction of sp³-hybridized carbons (Fsp3) is 0.400. The van der Waals surface area contributed by atoms with Crippen LogP contribution in [0.5, 0.6) is 0 Å². The maximum absolute atomic E-state index is 12.8. The van der Waals surface area contributed by atoms with E-state index in [0.717, 1.165) is 31.2 Å². The van der Waals surface area contributed by atoms with Crippen LogP contribution >= 0.6 is 0 Å². The van der Waals surface area contributed by atoms with Crippen LogP contribution in [-0.2, 0) is 22.6 Å². The van der Waals surface area contributed by atoms with Crippen molar-refractivity contribution >= 4 is 11.8 Å². The van der Waals surface area contributed by atoms with Crippen LogP contribution in [0.3, 0.4) is 0 Å². The highest BCUT2D eigenvalue weighted by Crippen LogP contribution is 2.44. The molecule has 1 aliphatic carbocycles. The molecule has 0 radical (unpaired) electrons. The van der Waals surface area contributed by atoms with Crippen molar-refractivity contribution in [1.29, 1.82) is 0 Å². The van der Waals surface area contributed by atoms with Gasteiger partial charge in [-0.05, 0) is 43.9 Å². The largest absolute Gasteiger partial charge is 0.467 e. The summed E-state index contributed by atoms with van der Waals surface area (Å²) in [6, 6.07) is 13.1. The second-order valence-electron chi connectivity index (χ2n) is 6.79. The molecule has 25 heavy (non-hydrogen) atoms. The Morgan fingerprint density at radius 2 is 1.92 bits per heavy atom. The average molecular weight is 340 g/mol. The summed E-state index contributed by atoms with van der Waals surface area (Å²) < 4.78 is 5.19. The highest BCUT2D eigenvalue weighted by molar-refractivity contribution is 5.90. The Labute approximate surface area is 147 Å². The normalized spacial score (nSPS) is 16.5. The van der Waals surface area contributed by atoms with E-state index >= 15 is 0 Å². The zero-order valence-electron chi connectivity index (χ0n) is 14.5. The lowest BCUT2D eigenvalue weighted by atomic mass is 9.64. The van der Waals surface area contributed by atoms with Gasteiger partial charge < -0.3 is 15.1 Å². The highest BCUT2D eigenvalue weighted by Gasteiger charge is 2.44. The molecule has 0 bridgehead atoms. The van der Waals surface area contributed by atoms with Crippen LogP contribution < -0.4 is 10.6 Å². The molecular formula is C20H24N2O3. The van der Waals surface area contributed by atoms with Gasteiger partial charge in [0.05, 0.1) is 18.2 Å². The summed E-state index contributed by atoms with van der Waals surface area (Å²) in [5.74, 6) is 0.452. The van der Waals surface area contributed by atoms with E-state index in [1.165, 1.54) is 0 Å². The Hall–Kier alpha value is -2.56. The van der Waals surface area contributed by atoms with E-state index in [0.29, 0.717) is 12.3 Å². The van der Waals surface area contributed by atoms with Gasteiger partial charge in [-0.3, -0.25) is 9.59 Å². The first-order chi connectivity index (χ1) is 12.1. The van der Waals surface area contributed by atoms with Gasteiger partial charge in [-0.2, -0.15) is 0 Å². The molecule has 1 atom stereocenters. The van der Waals surface area contributed by atoms with E-state index in [1.54, 1.807) is 25.3 Å². The van der Waals surface area contributed by atoms with E-state index in [-0.39, 0.29) is 17.2 Å². The quantitative estimate of drug-likeness (QED) is 0.814. The van der Waals surface area contributed by atoms with Gasteiger partial charge >= 0.3 is 0 Å². The van der Waals surface area contributed by atoms with Gasteiger partial charge in [0.25, 0.3) is 0 Å². The van der Waals surface area contributed by atoms with Crippen LogP contribution in [0.4, 0.5) is 0 Å². The Bertz CT molecular complexity index is 706. The van der Waals surface area contributed by atoms with Crippen molar-refractivity contribution in [3.63, 3.8) is 0 Å². The SMILES string of the molecule is C[C@H](NC(=O)C1(Cc2ccccc2)CCC1)C(=O)NCc1ccco1. The highest BCUT2D eigenvalue weighted by atomic mass is 16.3. The van der Waals surface area contributed by atoms with Gasteiger partial charge in [-0.1, -0.05) is 36.8 Å². The zero-order chi connectivity index (χ0) is 17.7. The minimum absolute atomic E-state index is 0.0248. The fourth-order valence-corrected chi connectivity index (χ4v) is 3.23. The molecule has 5 nitrogen and oxygen atoms in total. The van der Waals surface area contributed by atoms with Gasteiger partial charge in [-0.15, -0.1) is 0 Å². The molecule has 2 aromatic rings. The lowest BCUT2D eigenvalue weighted by Gasteiger charge is -2.41. The second-order valence-corrected chi connectivity index (χ2v) is 6.79. The Balaban J connectivity index is 1.55. The second kappa shape index (κ2) is 7.55. The predicted molar refractivity (Wildman–Crippen MR) is 94.6 cm³/mol. The van der Waals surface area contributed by atoms with E-state index in [1.807, 2.05) is 30.3 Å². The molecule has 0 aliphatic heterocycles. The van der Waals surface area contributed by atoms with Gasteiger partial charge in [0.1, 0.15) is 11.8 Å². The smallest absolute Gasteiger partial charge is 0.242 e. The summed E-state index contributed by atoms with van der Waals surface area (Å²) in [6.07, 6.45) is 5.08. The van der Waals surface area contributed by atoms with Gasteiger partial charge in [-0.25, -0.2) is 0 Å². The van der Waals surface area contributed by atoms with E-state index < -0.39 is 6.04 Å². The molecule has 0 saturated heterocycles. The third kappa shape index (κ3) is 4.10. The Morgan fingerprint density at radius 1 is 1.16 bits per heavy atom. The number of benzene rings is 1. The number of carbonyl (C=O) groups is 2. The maximum Gasteiger partial charge on any atom is 0.242 e. The summed E-state index contributed by atoms with van der Waals surface area (Å²) in [5.41, 5.74) is 0.781. The van der Waals surface area contributed by atoms with E-state index in [4.69, 9.17) is 4.42 Å². The molecule has 1 fully saturated rings. The van der Waals surface area contributed by atoms with Gasteiger partial charge in [0.15, 0.2) is 0 Å². The van der Waals surface area contributed by atoms with Crippen LogP contribution in [0.2, 0.25) is 0 Å². The lowest BCUT2D eigenvalue weighted by molar-refractivity contribution is -0.139. The fourth-order valence-electron chi connectivity index (χ4n) is 3.23. The number of furan rings is 1. The van der Waals surface area contributed by atoms with Crippen molar-refractivity contribution < 1.29 is 14.0 Å². The zero-order valence-corrected chi connectivity index (χ0v) is 14.5. The Morgan fingerprint density at radius 3 is 2.52 bits per heavy atom. The summed E-state index contributed by atoms with van der Waals surface area (Å²) in [7, 11) is 0. The third-order valence-electron chi connectivity index (χ3n) is 4.94. The molecule has 2 amide bonds. The van der Waals surface area contributed by atoms with Crippen molar-refractivity contribution in [3.05, 3.63) is 60.1 Å². The first-order valence-corrected chi connectivity index (χ1v) is 8.74. The summed E-state index contributed by atoms with van der Waals surface area (Å²) in [5, 5.41) is 5.67. The summed E-state index contributed by atoms with van der Waals surface area (Å²) in [6.45, 7) is 2.03. The van der Waals surface area contributed by atoms with Crippen molar-refractivity contribution in [2.24, 2.45) is 5.41 Å². The summed E-state index contributed by atoms with van der Waals surface area (Å²) in [4.78, 5) is 25.0. The maximum atomic E-state index is 12.8. The number of amides is 2. The monoisotopic (exact) mass is 340 g/mol. The summed E-state index contributed by atoms with van der Waals surface area (Å²) >= 11 is 0. The molecule has 1 aromatic heterocycles. The molecule has 3 rings (SSSR count). The average Bonchev–Trinajstić information content (AvgIpc) is 3.10. The van der Waals surface area contributed by atoms with E-state index in [9.17, 15) is 9.59 Å². The topological polar surface area (TPSA) is 71.3 Å². The van der Waals surface area contributed by atoms with Gasteiger partial charge in [0.2, 0.25) is 11.8 Å². The van der Waals surface area contributed by atoms with E-state index in [2.05, 4.69) is 10.6 Å². The first kappa shape index (κ1) is 17.3. The van der Waals surface area contributed by atoms with Crippen molar-refractivity contribution in [1.82, 2.24) is 10.6 Å². The number of rotatable bonds is 7. The number of carbonyl (C=O) groups excluding carboxylic acids is 2. The lowest BCUT2D eigenvalue weighted by Crippen LogP contribution is -2.53. The molecule has 1 heterocycles. The van der Waals surface area contributed by atoms with Crippen molar-refractivity contribution in [3.8, 4) is 0 Å². The minimum atomic E-state index is -0.573. The number of nitrogens with one attached hydrogen (secondary N) is 2. The van der Waals surface area contributed by atoms with Crippen LogP contribution in [0.25, 0.3) is 0 Å². The number of hydrogen-bond donors (Lipinski definition) is 2. The molecule has 0 unspecified atom stereocenters. The molecule has 1 aliphatic rings. The van der Waals surface area contributed by atoms with Crippen LogP contribution in [-0.4, -0.2) is 17.9 Å². The van der Waals surface area contributed by atoms with Crippen LogP contribution in [0, 0.1) is 5.41 Å². The predicted octanol–water partition coefficient (Wildman–Crippen LogP) is 2.81. The molecule has 0 spiro atoms. The van der Waals surface area contributed by atoms with Crippen molar-refractivity contribution in [2.75, 3.05) is 0 Å². The van der Waals surface area contributed by atoms with Crippen LogP contribution in [0.15, 0.2) is 53.1 Å². The molecular weight excluding hydrogens is 316 g/mol. The van der Waals surface area contributed by atoms with Gasteiger partial charge in [0, 0.05) is 0 Å². The standard InChI is InChI=1S/C20H24N2O3/c1-15(18(23)21-14-17-9-5-12-25-17)22-19(24)20(10-6-11-20)13-16-7-3-2-4-8-16/h2-5,7-9,12,15H,6,10-11,13-14H2,1H3,(H,21,23)(H,22,24)/t15-/m0/s1. The third-order valence-corrected chi connectivity index (χ3v) is 4.94. The molecule has 1 aromatic carbocycles. The Kier molecular flexibility index (Phi) is 5.22. The minimum Gasteiger partial charge on any atom is -0.467 e. The van der Waals surface area contributed by atoms with Crippen LogP contribution in [0.1, 0.15) is 37.5 Å². The molecule has 1 saturated carbocycles. The molecule has 2 N–H and O–H groups in total. The molecule has 5 heteroatoms. The first-order valence-electron chi connectivity index (χ1n) is 8.74. The molecule has 132 valence electrons.